The molecule has 5 nitrogen and oxygen atoms in total. The minimum absolute atomic E-state index is 0.0937. The summed E-state index contributed by atoms with van der Waals surface area (Å²) >= 11 is 0. The van der Waals surface area contributed by atoms with Crippen molar-refractivity contribution in [3.05, 3.63) is 65.7 Å². The van der Waals surface area contributed by atoms with E-state index in [0.29, 0.717) is 5.56 Å². The summed E-state index contributed by atoms with van der Waals surface area (Å²) in [6.07, 6.45) is 3.10. The molecule has 0 amide bonds. The molecular weight excluding hydrogens is 326 g/mol. The van der Waals surface area contributed by atoms with Crippen molar-refractivity contribution < 1.29 is 17.9 Å². The van der Waals surface area contributed by atoms with Crippen LogP contribution in [0.2, 0.25) is 0 Å². The van der Waals surface area contributed by atoms with Gasteiger partial charge in [0.05, 0.1) is 12.0 Å². The van der Waals surface area contributed by atoms with Crippen LogP contribution in [0.3, 0.4) is 0 Å². The molecule has 6 heteroatoms. The number of hydrogen-bond donors (Lipinski definition) is 0. The number of nitrogens with zero attached hydrogens (tertiary/aromatic N) is 1. The van der Waals surface area contributed by atoms with E-state index in [-0.39, 0.29) is 10.7 Å². The summed E-state index contributed by atoms with van der Waals surface area (Å²) in [5, 5.41) is 0. The lowest BCUT2D eigenvalue weighted by atomic mass is 10.1. The van der Waals surface area contributed by atoms with Gasteiger partial charge in [0.15, 0.2) is 5.78 Å². The molecule has 0 spiro atoms. The third-order valence-corrected chi connectivity index (χ3v) is 5.25. The van der Waals surface area contributed by atoms with Gasteiger partial charge in [0.2, 0.25) is 10.0 Å². The van der Waals surface area contributed by atoms with Gasteiger partial charge in [0.1, 0.15) is 5.75 Å². The predicted molar refractivity (Wildman–Crippen MR) is 93.7 cm³/mol. The first-order valence-electron chi connectivity index (χ1n) is 7.23. The van der Waals surface area contributed by atoms with Crippen molar-refractivity contribution in [1.82, 2.24) is 4.31 Å². The summed E-state index contributed by atoms with van der Waals surface area (Å²) in [5.41, 5.74) is 1.17. The van der Waals surface area contributed by atoms with Crippen LogP contribution in [0.4, 0.5) is 0 Å². The zero-order valence-corrected chi connectivity index (χ0v) is 14.6. The predicted octanol–water partition coefficient (Wildman–Crippen LogP) is 2.84. The van der Waals surface area contributed by atoms with Gasteiger partial charge >= 0.3 is 0 Å². The standard InChI is InChI=1S/C18H19NO4S/c1-19(2)24(21,22)17-6-4-5-15(13-17)18(20)12-9-14-7-10-16(23-3)11-8-14/h4-13H,1-3H3/b12-9+. The van der Waals surface area contributed by atoms with E-state index in [4.69, 9.17) is 4.74 Å². The highest BCUT2D eigenvalue weighted by molar-refractivity contribution is 7.89. The van der Waals surface area contributed by atoms with Crippen LogP contribution in [0.25, 0.3) is 6.08 Å². The second-order valence-corrected chi connectivity index (χ2v) is 7.44. The fraction of sp³-hybridized carbons (Fsp3) is 0.167. The third-order valence-electron chi connectivity index (χ3n) is 3.44. The molecule has 2 aromatic rings. The van der Waals surface area contributed by atoms with Crippen molar-refractivity contribution in [3.63, 3.8) is 0 Å². The van der Waals surface area contributed by atoms with E-state index in [1.165, 1.54) is 32.3 Å². The van der Waals surface area contributed by atoms with Gasteiger partial charge in [-0.2, -0.15) is 0 Å². The number of ether oxygens (including phenoxy) is 1. The minimum atomic E-state index is -3.56. The molecule has 0 bridgehead atoms. The highest BCUT2D eigenvalue weighted by atomic mass is 32.2. The van der Waals surface area contributed by atoms with Crippen LogP contribution in [0.1, 0.15) is 15.9 Å². The minimum Gasteiger partial charge on any atom is -0.497 e. The Morgan fingerprint density at radius 1 is 1.08 bits per heavy atom. The van der Waals surface area contributed by atoms with Crippen LogP contribution in [0, 0.1) is 0 Å². The van der Waals surface area contributed by atoms with Gasteiger partial charge in [-0.1, -0.05) is 30.3 Å². The smallest absolute Gasteiger partial charge is 0.242 e. The molecule has 0 atom stereocenters. The fourth-order valence-electron chi connectivity index (χ4n) is 2.00. The van der Waals surface area contributed by atoms with E-state index in [1.807, 2.05) is 12.1 Å². The maximum absolute atomic E-state index is 12.3. The number of allylic oxidation sites excluding steroid dienone is 1. The second kappa shape index (κ2) is 7.42. The Hall–Kier alpha value is -2.44. The number of hydrogen-bond acceptors (Lipinski definition) is 4. The third kappa shape index (κ3) is 4.10. The largest absolute Gasteiger partial charge is 0.497 e. The van der Waals surface area contributed by atoms with Crippen molar-refractivity contribution in [2.45, 2.75) is 4.90 Å². The van der Waals surface area contributed by atoms with Crippen LogP contribution >= 0.6 is 0 Å². The van der Waals surface area contributed by atoms with E-state index in [0.717, 1.165) is 15.6 Å². The molecule has 24 heavy (non-hydrogen) atoms. The Balaban J connectivity index is 2.22. The lowest BCUT2D eigenvalue weighted by molar-refractivity contribution is 0.104. The maximum Gasteiger partial charge on any atom is 0.242 e. The summed E-state index contributed by atoms with van der Waals surface area (Å²) in [4.78, 5) is 12.4. The lowest BCUT2D eigenvalue weighted by Crippen LogP contribution is -2.22. The number of sulfonamides is 1. The van der Waals surface area contributed by atoms with E-state index < -0.39 is 10.0 Å². The molecule has 0 heterocycles. The van der Waals surface area contributed by atoms with Gasteiger partial charge in [0.25, 0.3) is 0 Å². The molecule has 0 saturated carbocycles. The average Bonchev–Trinajstić information content (AvgIpc) is 2.60. The average molecular weight is 345 g/mol. The van der Waals surface area contributed by atoms with Crippen LogP contribution in [-0.2, 0) is 10.0 Å². The van der Waals surface area contributed by atoms with Gasteiger partial charge < -0.3 is 4.74 Å². The summed E-state index contributed by atoms with van der Waals surface area (Å²) in [6.45, 7) is 0. The monoisotopic (exact) mass is 345 g/mol. The molecule has 0 aliphatic heterocycles. The summed E-state index contributed by atoms with van der Waals surface area (Å²) in [6, 6.07) is 13.3. The van der Waals surface area contributed by atoms with E-state index in [1.54, 1.807) is 37.5 Å². The Morgan fingerprint density at radius 3 is 2.33 bits per heavy atom. The van der Waals surface area contributed by atoms with Crippen molar-refractivity contribution in [1.29, 1.82) is 0 Å². The van der Waals surface area contributed by atoms with Crippen LogP contribution in [0.15, 0.2) is 59.5 Å². The maximum atomic E-state index is 12.3. The molecule has 2 aromatic carbocycles. The highest BCUT2D eigenvalue weighted by Gasteiger charge is 2.18. The molecule has 2 rings (SSSR count). The number of carbonyl (C=O) groups is 1. The van der Waals surface area contributed by atoms with Crippen LogP contribution in [-0.4, -0.2) is 39.7 Å². The van der Waals surface area contributed by atoms with Gasteiger partial charge in [-0.25, -0.2) is 12.7 Å². The summed E-state index contributed by atoms with van der Waals surface area (Å²) < 4.78 is 30.5. The van der Waals surface area contributed by atoms with Crippen LogP contribution in [0.5, 0.6) is 5.75 Å². The van der Waals surface area contributed by atoms with Gasteiger partial charge in [-0.05, 0) is 35.9 Å². The molecule has 0 fully saturated rings. The number of methoxy groups -OCH3 is 1. The zero-order chi connectivity index (χ0) is 17.7. The highest BCUT2D eigenvalue weighted by Crippen LogP contribution is 2.16. The quantitative estimate of drug-likeness (QED) is 0.596. The fourth-order valence-corrected chi connectivity index (χ4v) is 2.95. The second-order valence-electron chi connectivity index (χ2n) is 5.29. The Labute approximate surface area is 142 Å². The van der Waals surface area contributed by atoms with Gasteiger partial charge in [-0.15, -0.1) is 0 Å². The Morgan fingerprint density at radius 2 is 1.75 bits per heavy atom. The van der Waals surface area contributed by atoms with E-state index in [9.17, 15) is 13.2 Å². The topological polar surface area (TPSA) is 63.7 Å². The van der Waals surface area contributed by atoms with Gasteiger partial charge in [-0.3, -0.25) is 4.79 Å². The van der Waals surface area contributed by atoms with Crippen molar-refractivity contribution in [2.75, 3.05) is 21.2 Å². The SMILES string of the molecule is COc1ccc(/C=C/C(=O)c2cccc(S(=O)(=O)N(C)C)c2)cc1. The zero-order valence-electron chi connectivity index (χ0n) is 13.8. The first-order valence-corrected chi connectivity index (χ1v) is 8.67. The van der Waals surface area contributed by atoms with Crippen molar-refractivity contribution in [2.24, 2.45) is 0 Å². The Kier molecular flexibility index (Phi) is 5.54. The molecule has 126 valence electrons. The molecule has 0 aliphatic rings. The lowest BCUT2D eigenvalue weighted by Gasteiger charge is -2.11. The number of rotatable bonds is 6. The molecule has 0 radical (unpaired) electrons. The first kappa shape index (κ1) is 17.9. The van der Waals surface area contributed by atoms with E-state index in [2.05, 4.69) is 0 Å². The molecule has 0 unspecified atom stereocenters. The molecule has 0 aliphatic carbocycles. The molecule has 0 saturated heterocycles. The Bertz CT molecular complexity index is 853. The van der Waals surface area contributed by atoms with Crippen molar-refractivity contribution in [3.8, 4) is 5.75 Å². The van der Waals surface area contributed by atoms with Gasteiger partial charge in [0, 0.05) is 19.7 Å². The van der Waals surface area contributed by atoms with Crippen LogP contribution < -0.4 is 4.74 Å². The molecule has 0 aromatic heterocycles. The summed E-state index contributed by atoms with van der Waals surface area (Å²) in [5.74, 6) is 0.474. The number of ketones is 1. The van der Waals surface area contributed by atoms with Crippen molar-refractivity contribution >= 4 is 21.9 Å². The number of benzene rings is 2. The normalized spacial score (nSPS) is 11.8. The first-order chi connectivity index (χ1) is 11.3. The summed E-state index contributed by atoms with van der Waals surface area (Å²) in [7, 11) is 0.925. The van der Waals surface area contributed by atoms with E-state index >= 15 is 0 Å². The molecular formula is C18H19NO4S. The molecule has 0 N–H and O–H groups in total. The number of carbonyl (C=O) groups excluding carboxylic acids is 1.